The van der Waals surface area contributed by atoms with Gasteiger partial charge < -0.3 is 20.7 Å². The average Bonchev–Trinajstić information content (AvgIpc) is 3.13. The fourth-order valence-electron chi connectivity index (χ4n) is 4.41. The van der Waals surface area contributed by atoms with Crippen LogP contribution in [0.2, 0.25) is 0 Å². The second-order valence-electron chi connectivity index (χ2n) is 9.09. The van der Waals surface area contributed by atoms with E-state index in [0.29, 0.717) is 29.5 Å². The highest BCUT2D eigenvalue weighted by molar-refractivity contribution is 7.80. The third kappa shape index (κ3) is 5.11. The summed E-state index contributed by atoms with van der Waals surface area (Å²) in [5, 5.41) is 7.77. The SMILES string of the molecule is CC(N)=CC(=S)N1CC2C[C@@H](C1)C2Nc1nc(Oc2cc(F)cc(C(F)(F)F)c2)n(C(C)C)n1. The summed E-state index contributed by atoms with van der Waals surface area (Å²) in [6.07, 6.45) is -1.86. The summed E-state index contributed by atoms with van der Waals surface area (Å²) in [6.45, 7) is 7.04. The van der Waals surface area contributed by atoms with Crippen molar-refractivity contribution in [2.24, 2.45) is 17.6 Å². The van der Waals surface area contributed by atoms with Gasteiger partial charge in [0.1, 0.15) is 16.6 Å². The number of hydrogen-bond acceptors (Lipinski definition) is 6. The molecule has 2 aromatic rings. The summed E-state index contributed by atoms with van der Waals surface area (Å²) < 4.78 is 59.9. The second kappa shape index (κ2) is 9.05. The third-order valence-electron chi connectivity index (χ3n) is 5.99. The highest BCUT2D eigenvalue weighted by atomic mass is 32.1. The van der Waals surface area contributed by atoms with E-state index in [2.05, 4.69) is 20.3 Å². The van der Waals surface area contributed by atoms with Crippen molar-refractivity contribution in [1.29, 1.82) is 0 Å². The summed E-state index contributed by atoms with van der Waals surface area (Å²) in [5.74, 6) is -0.360. The molecule has 2 saturated heterocycles. The molecule has 3 heterocycles. The molecule has 12 heteroatoms. The Morgan fingerprint density at radius 1 is 1.26 bits per heavy atom. The molecule has 3 fully saturated rings. The minimum absolute atomic E-state index is 0.0212. The molecule has 1 saturated carbocycles. The molecule has 0 radical (unpaired) electrons. The number of rotatable bonds is 6. The zero-order valence-electron chi connectivity index (χ0n) is 18.9. The van der Waals surface area contributed by atoms with E-state index in [4.69, 9.17) is 22.7 Å². The number of nitrogens with zero attached hydrogens (tertiary/aromatic N) is 4. The van der Waals surface area contributed by atoms with Crippen LogP contribution in [0.5, 0.6) is 11.8 Å². The van der Waals surface area contributed by atoms with Crippen molar-refractivity contribution in [3.05, 3.63) is 41.4 Å². The number of alkyl halides is 3. The number of fused-ring (bicyclic) bond motifs is 2. The largest absolute Gasteiger partial charge is 0.424 e. The first-order valence-electron chi connectivity index (χ1n) is 10.9. The molecule has 2 unspecified atom stereocenters. The maximum atomic E-state index is 13.8. The minimum atomic E-state index is -4.70. The Morgan fingerprint density at radius 3 is 2.53 bits per heavy atom. The van der Waals surface area contributed by atoms with Crippen LogP contribution in [0.15, 0.2) is 30.0 Å². The molecular weight excluding hydrogens is 472 g/mol. The fourth-order valence-corrected chi connectivity index (χ4v) is 4.74. The lowest BCUT2D eigenvalue weighted by molar-refractivity contribution is -0.137. The lowest BCUT2D eigenvalue weighted by atomic mass is 9.66. The fraction of sp³-hybridized carbons (Fsp3) is 0.500. The lowest BCUT2D eigenvalue weighted by Crippen LogP contribution is -2.62. The van der Waals surface area contributed by atoms with E-state index >= 15 is 0 Å². The smallest absolute Gasteiger partial charge is 0.416 e. The summed E-state index contributed by atoms with van der Waals surface area (Å²) in [6, 6.07) is 1.97. The molecule has 1 aliphatic carbocycles. The molecule has 5 rings (SSSR count). The molecule has 1 aromatic heterocycles. The molecule has 3 aliphatic rings. The summed E-state index contributed by atoms with van der Waals surface area (Å²) in [4.78, 5) is 7.20. The van der Waals surface area contributed by atoms with Gasteiger partial charge in [0.05, 0.1) is 11.6 Å². The summed E-state index contributed by atoms with van der Waals surface area (Å²) >= 11 is 5.45. The Labute approximate surface area is 200 Å². The van der Waals surface area contributed by atoms with Crippen LogP contribution in [0.4, 0.5) is 23.5 Å². The van der Waals surface area contributed by atoms with Gasteiger partial charge in [0.25, 0.3) is 0 Å². The first-order chi connectivity index (χ1) is 15.9. The Kier molecular flexibility index (Phi) is 6.45. The van der Waals surface area contributed by atoms with Crippen LogP contribution in [0.25, 0.3) is 0 Å². The van der Waals surface area contributed by atoms with Gasteiger partial charge in [-0.15, -0.1) is 5.10 Å². The van der Waals surface area contributed by atoms with Crippen LogP contribution >= 0.6 is 12.2 Å². The van der Waals surface area contributed by atoms with Crippen LogP contribution in [-0.4, -0.2) is 43.8 Å². The van der Waals surface area contributed by atoms with E-state index in [9.17, 15) is 17.6 Å². The number of halogens is 4. The molecule has 0 spiro atoms. The van der Waals surface area contributed by atoms with Crippen LogP contribution in [0.1, 0.15) is 38.8 Å². The topological polar surface area (TPSA) is 81.2 Å². The van der Waals surface area contributed by atoms with Crippen LogP contribution in [0.3, 0.4) is 0 Å². The maximum absolute atomic E-state index is 13.8. The molecule has 184 valence electrons. The number of benzene rings is 1. The maximum Gasteiger partial charge on any atom is 0.416 e. The predicted octanol–water partition coefficient (Wildman–Crippen LogP) is 4.73. The third-order valence-corrected chi connectivity index (χ3v) is 6.36. The number of hydrogen-bond donors (Lipinski definition) is 2. The molecule has 2 aliphatic heterocycles. The summed E-state index contributed by atoms with van der Waals surface area (Å²) in [5.41, 5.74) is 5.26. The molecular formula is C22H26F4N6OS. The van der Waals surface area contributed by atoms with Crippen molar-refractivity contribution in [2.45, 2.75) is 45.5 Å². The van der Waals surface area contributed by atoms with Gasteiger partial charge in [0.15, 0.2) is 0 Å². The van der Waals surface area contributed by atoms with E-state index < -0.39 is 17.6 Å². The molecule has 3 N–H and O–H groups in total. The van der Waals surface area contributed by atoms with Gasteiger partial charge in [0.2, 0.25) is 5.95 Å². The molecule has 0 amide bonds. The number of allylic oxidation sites excluding steroid dienone is 1. The van der Waals surface area contributed by atoms with Gasteiger partial charge >= 0.3 is 12.2 Å². The van der Waals surface area contributed by atoms with Crippen molar-refractivity contribution in [3.63, 3.8) is 0 Å². The number of nitrogens with two attached hydrogens (primary N) is 1. The van der Waals surface area contributed by atoms with E-state index in [-0.39, 0.29) is 23.8 Å². The average molecular weight is 499 g/mol. The number of aromatic nitrogens is 3. The van der Waals surface area contributed by atoms with Gasteiger partial charge in [-0.2, -0.15) is 18.2 Å². The van der Waals surface area contributed by atoms with Crippen LogP contribution in [0, 0.1) is 17.7 Å². The zero-order chi connectivity index (χ0) is 24.8. The Morgan fingerprint density at radius 2 is 1.94 bits per heavy atom. The first-order valence-corrected chi connectivity index (χ1v) is 11.3. The van der Waals surface area contributed by atoms with Gasteiger partial charge in [-0.05, 0) is 57.2 Å². The zero-order valence-corrected chi connectivity index (χ0v) is 19.8. The Hall–Kier alpha value is -2.89. The number of anilines is 1. The molecule has 3 atom stereocenters. The normalized spacial score (nSPS) is 22.5. The monoisotopic (exact) mass is 498 g/mol. The number of ether oxygens (including phenoxy) is 1. The van der Waals surface area contributed by atoms with Crippen molar-refractivity contribution in [1.82, 2.24) is 19.7 Å². The van der Waals surface area contributed by atoms with E-state index in [1.165, 1.54) is 4.68 Å². The lowest BCUT2D eigenvalue weighted by Gasteiger charge is -2.54. The van der Waals surface area contributed by atoms with E-state index in [0.717, 1.165) is 36.6 Å². The summed E-state index contributed by atoms with van der Waals surface area (Å²) in [7, 11) is 0. The minimum Gasteiger partial charge on any atom is -0.424 e. The van der Waals surface area contributed by atoms with Crippen molar-refractivity contribution in [2.75, 3.05) is 18.4 Å². The Bertz CT molecular complexity index is 1100. The van der Waals surface area contributed by atoms with Crippen molar-refractivity contribution >= 4 is 23.2 Å². The quantitative estimate of drug-likeness (QED) is 0.339. The van der Waals surface area contributed by atoms with Gasteiger partial charge in [-0.1, -0.05) is 12.2 Å². The highest BCUT2D eigenvalue weighted by Crippen LogP contribution is 2.42. The molecule has 1 aromatic carbocycles. The Balaban J connectivity index is 1.49. The van der Waals surface area contributed by atoms with Crippen molar-refractivity contribution in [3.8, 4) is 11.8 Å². The highest BCUT2D eigenvalue weighted by Gasteiger charge is 2.47. The standard InChI is InChI=1S/C22H26F4N6OS/c1-11(2)32-21(33-17-7-15(22(24,25)26)6-16(23)8-17)29-20(30-32)28-19-13-5-14(19)10-31(9-13)18(34)4-12(3)27/h4,6-8,11,13-14,19H,5,9-10,27H2,1-3H3,(H,28,30)/t13-,14?,19?/m0/s1. The first kappa shape index (κ1) is 24.2. The van der Waals surface area contributed by atoms with E-state index in [1.54, 1.807) is 13.0 Å². The number of piperidine rings is 2. The van der Waals surface area contributed by atoms with Gasteiger partial charge in [0, 0.05) is 30.9 Å². The second-order valence-corrected chi connectivity index (χ2v) is 9.51. The number of thiocarbonyl (C=S) groups is 1. The van der Waals surface area contributed by atoms with E-state index in [1.807, 2.05) is 13.8 Å². The van der Waals surface area contributed by atoms with Crippen LogP contribution < -0.4 is 15.8 Å². The predicted molar refractivity (Wildman–Crippen MR) is 123 cm³/mol. The van der Waals surface area contributed by atoms with Crippen molar-refractivity contribution < 1.29 is 22.3 Å². The van der Waals surface area contributed by atoms with Gasteiger partial charge in [-0.25, -0.2) is 9.07 Å². The van der Waals surface area contributed by atoms with Gasteiger partial charge in [-0.3, -0.25) is 0 Å². The molecule has 7 nitrogen and oxygen atoms in total. The molecule has 2 bridgehead atoms. The molecule has 34 heavy (non-hydrogen) atoms. The van der Waals surface area contributed by atoms with Crippen LogP contribution in [-0.2, 0) is 6.18 Å². The number of nitrogens with one attached hydrogen (secondary N) is 1.